The molecule has 0 bridgehead atoms. The second-order valence-electron chi connectivity index (χ2n) is 4.17. The van der Waals surface area contributed by atoms with Crippen molar-refractivity contribution in [2.45, 2.75) is 13.0 Å². The van der Waals surface area contributed by atoms with Crippen LogP contribution in [-0.2, 0) is 0 Å². The number of nitrogens with one attached hydrogen (secondary N) is 1. The van der Waals surface area contributed by atoms with Crippen LogP contribution in [0.3, 0.4) is 0 Å². The zero-order valence-corrected chi connectivity index (χ0v) is 12.1. The normalized spacial score (nSPS) is 12.2. The number of ether oxygens (including phenoxy) is 2. The lowest BCUT2D eigenvalue weighted by Gasteiger charge is -2.21. The second kappa shape index (κ2) is 6.06. The number of nitrogens with two attached hydrogens (primary N) is 1. The van der Waals surface area contributed by atoms with Gasteiger partial charge < -0.3 is 9.47 Å². The first-order valence-corrected chi connectivity index (χ1v) is 6.81. The lowest BCUT2D eigenvalue weighted by atomic mass is 9.99. The summed E-state index contributed by atoms with van der Waals surface area (Å²) in [6.07, 6.45) is 0. The Kier molecular flexibility index (Phi) is 4.42. The van der Waals surface area contributed by atoms with Crippen LogP contribution in [-0.4, -0.2) is 14.2 Å². The number of rotatable bonds is 5. The van der Waals surface area contributed by atoms with E-state index in [1.54, 1.807) is 25.6 Å². The Morgan fingerprint density at radius 1 is 1.21 bits per heavy atom. The summed E-state index contributed by atoms with van der Waals surface area (Å²) in [5.74, 6) is 7.25. The van der Waals surface area contributed by atoms with Gasteiger partial charge in [-0.15, -0.1) is 11.3 Å². The maximum absolute atomic E-state index is 5.74. The highest BCUT2D eigenvalue weighted by Crippen LogP contribution is 2.37. The minimum Gasteiger partial charge on any atom is -0.496 e. The van der Waals surface area contributed by atoms with Gasteiger partial charge in [0.2, 0.25) is 0 Å². The fraction of sp³-hybridized carbons (Fsp3) is 0.286. The van der Waals surface area contributed by atoms with Gasteiger partial charge in [-0.25, -0.2) is 5.43 Å². The number of hydrazine groups is 1. The molecule has 0 aliphatic carbocycles. The molecule has 0 amide bonds. The zero-order valence-electron chi connectivity index (χ0n) is 11.3. The summed E-state index contributed by atoms with van der Waals surface area (Å²) >= 11 is 1.69. The number of methoxy groups -OCH3 is 2. The van der Waals surface area contributed by atoms with Crippen molar-refractivity contribution in [3.05, 3.63) is 45.6 Å². The van der Waals surface area contributed by atoms with Crippen LogP contribution in [0, 0.1) is 6.92 Å². The molecule has 2 rings (SSSR count). The predicted octanol–water partition coefficient (Wildman–Crippen LogP) is 2.63. The minimum atomic E-state index is -0.156. The molecule has 3 N–H and O–H groups in total. The van der Waals surface area contributed by atoms with Crippen LogP contribution in [0.5, 0.6) is 11.5 Å². The standard InChI is InChI=1S/C14H18N2O2S/c1-9-7-10(8-19-9)14(16-15)13-11(17-2)5-4-6-12(13)18-3/h4-8,14,16H,15H2,1-3H3. The fourth-order valence-electron chi connectivity index (χ4n) is 2.13. The molecule has 1 aromatic heterocycles. The third-order valence-corrected chi connectivity index (χ3v) is 3.89. The Morgan fingerprint density at radius 2 is 1.84 bits per heavy atom. The van der Waals surface area contributed by atoms with Crippen molar-refractivity contribution in [1.82, 2.24) is 5.43 Å². The first-order chi connectivity index (χ1) is 9.21. The number of thiophene rings is 1. The molecule has 0 saturated heterocycles. The van der Waals surface area contributed by atoms with Gasteiger partial charge in [0.05, 0.1) is 25.8 Å². The molecule has 2 aromatic rings. The van der Waals surface area contributed by atoms with E-state index in [2.05, 4.69) is 23.8 Å². The van der Waals surface area contributed by atoms with Crippen LogP contribution in [0.15, 0.2) is 29.6 Å². The van der Waals surface area contributed by atoms with E-state index in [0.29, 0.717) is 0 Å². The Labute approximate surface area is 117 Å². The molecule has 1 aromatic carbocycles. The molecular formula is C14H18N2O2S. The summed E-state index contributed by atoms with van der Waals surface area (Å²) in [7, 11) is 3.29. The molecule has 0 aliphatic rings. The summed E-state index contributed by atoms with van der Waals surface area (Å²) in [6, 6.07) is 7.66. The third kappa shape index (κ3) is 2.73. The minimum absolute atomic E-state index is 0.156. The van der Waals surface area contributed by atoms with E-state index in [9.17, 15) is 0 Å². The van der Waals surface area contributed by atoms with Crippen molar-refractivity contribution < 1.29 is 9.47 Å². The van der Waals surface area contributed by atoms with Crippen LogP contribution < -0.4 is 20.7 Å². The molecule has 1 unspecified atom stereocenters. The molecule has 102 valence electrons. The van der Waals surface area contributed by atoms with Crippen LogP contribution in [0.25, 0.3) is 0 Å². The van der Waals surface area contributed by atoms with Gasteiger partial charge in [0.25, 0.3) is 0 Å². The van der Waals surface area contributed by atoms with Crippen molar-refractivity contribution in [3.63, 3.8) is 0 Å². The molecule has 0 spiro atoms. The zero-order chi connectivity index (χ0) is 13.8. The van der Waals surface area contributed by atoms with E-state index >= 15 is 0 Å². The van der Waals surface area contributed by atoms with E-state index < -0.39 is 0 Å². The molecule has 1 heterocycles. The van der Waals surface area contributed by atoms with Crippen molar-refractivity contribution in [3.8, 4) is 11.5 Å². The highest BCUT2D eigenvalue weighted by atomic mass is 32.1. The van der Waals surface area contributed by atoms with E-state index in [1.165, 1.54) is 4.88 Å². The van der Waals surface area contributed by atoms with Gasteiger partial charge in [0.1, 0.15) is 11.5 Å². The first kappa shape index (κ1) is 13.9. The Bertz CT molecular complexity index is 532. The van der Waals surface area contributed by atoms with E-state index in [0.717, 1.165) is 22.6 Å². The van der Waals surface area contributed by atoms with Gasteiger partial charge in [-0.05, 0) is 36.1 Å². The summed E-state index contributed by atoms with van der Waals surface area (Å²) < 4.78 is 10.9. The van der Waals surface area contributed by atoms with Crippen molar-refractivity contribution in [1.29, 1.82) is 0 Å². The largest absolute Gasteiger partial charge is 0.496 e. The lowest BCUT2D eigenvalue weighted by Crippen LogP contribution is -2.29. The fourth-order valence-corrected chi connectivity index (χ4v) is 2.86. The average molecular weight is 278 g/mol. The average Bonchev–Trinajstić information content (AvgIpc) is 2.86. The smallest absolute Gasteiger partial charge is 0.127 e. The Balaban J connectivity index is 2.53. The number of aryl methyl sites for hydroxylation is 1. The van der Waals surface area contributed by atoms with Crippen LogP contribution >= 0.6 is 11.3 Å². The molecule has 0 fully saturated rings. The Morgan fingerprint density at radius 3 is 2.26 bits per heavy atom. The number of hydrogen-bond acceptors (Lipinski definition) is 5. The van der Waals surface area contributed by atoms with E-state index in [1.807, 2.05) is 18.2 Å². The summed E-state index contributed by atoms with van der Waals surface area (Å²) in [5, 5.41) is 2.09. The van der Waals surface area contributed by atoms with Gasteiger partial charge in [0.15, 0.2) is 0 Å². The van der Waals surface area contributed by atoms with Crippen molar-refractivity contribution >= 4 is 11.3 Å². The van der Waals surface area contributed by atoms with Gasteiger partial charge in [-0.1, -0.05) is 6.07 Å². The topological polar surface area (TPSA) is 56.5 Å². The molecule has 0 saturated carbocycles. The quantitative estimate of drug-likeness (QED) is 0.652. The monoisotopic (exact) mass is 278 g/mol. The van der Waals surface area contributed by atoms with Crippen molar-refractivity contribution in [2.75, 3.05) is 14.2 Å². The van der Waals surface area contributed by atoms with Gasteiger partial charge in [-0.3, -0.25) is 5.84 Å². The van der Waals surface area contributed by atoms with Crippen LogP contribution in [0.2, 0.25) is 0 Å². The van der Waals surface area contributed by atoms with Gasteiger partial charge >= 0.3 is 0 Å². The summed E-state index contributed by atoms with van der Waals surface area (Å²) in [6.45, 7) is 2.07. The Hall–Kier alpha value is -1.56. The van der Waals surface area contributed by atoms with E-state index in [-0.39, 0.29) is 6.04 Å². The SMILES string of the molecule is COc1cccc(OC)c1C(NN)c1csc(C)c1. The summed E-state index contributed by atoms with van der Waals surface area (Å²) in [4.78, 5) is 1.24. The molecule has 4 nitrogen and oxygen atoms in total. The highest BCUT2D eigenvalue weighted by Gasteiger charge is 2.22. The van der Waals surface area contributed by atoms with Gasteiger partial charge in [0, 0.05) is 4.88 Å². The second-order valence-corrected chi connectivity index (χ2v) is 5.28. The molecular weight excluding hydrogens is 260 g/mol. The van der Waals surface area contributed by atoms with Crippen molar-refractivity contribution in [2.24, 2.45) is 5.84 Å². The van der Waals surface area contributed by atoms with Gasteiger partial charge in [-0.2, -0.15) is 0 Å². The van der Waals surface area contributed by atoms with Crippen LogP contribution in [0.4, 0.5) is 0 Å². The number of benzene rings is 1. The predicted molar refractivity (Wildman–Crippen MR) is 77.8 cm³/mol. The molecule has 19 heavy (non-hydrogen) atoms. The summed E-state index contributed by atoms with van der Waals surface area (Å²) in [5.41, 5.74) is 4.86. The molecule has 0 aliphatic heterocycles. The highest BCUT2D eigenvalue weighted by molar-refractivity contribution is 7.10. The number of hydrogen-bond donors (Lipinski definition) is 2. The third-order valence-electron chi connectivity index (χ3n) is 3.01. The molecule has 0 radical (unpaired) electrons. The maximum Gasteiger partial charge on any atom is 0.127 e. The first-order valence-electron chi connectivity index (χ1n) is 5.93. The van der Waals surface area contributed by atoms with E-state index in [4.69, 9.17) is 15.3 Å². The molecule has 1 atom stereocenters. The lowest BCUT2D eigenvalue weighted by molar-refractivity contribution is 0.377. The maximum atomic E-state index is 5.74. The van der Waals surface area contributed by atoms with Crippen LogP contribution in [0.1, 0.15) is 22.0 Å². The molecule has 5 heteroatoms.